The highest BCUT2D eigenvalue weighted by atomic mass is 35.5. The van der Waals surface area contributed by atoms with Crippen molar-refractivity contribution < 1.29 is 32.3 Å². The van der Waals surface area contributed by atoms with Gasteiger partial charge in [0.2, 0.25) is 10.0 Å². The minimum atomic E-state index is -3.93. The molecule has 0 spiro atoms. The largest absolute Gasteiger partial charge is 0.465 e. The molecular weight excluding hydrogens is 468 g/mol. The van der Waals surface area contributed by atoms with E-state index in [1.165, 1.54) is 49.8 Å². The Morgan fingerprint density at radius 1 is 1.16 bits per heavy atom. The number of aryl methyl sites for hydroxylation is 1. The van der Waals surface area contributed by atoms with Gasteiger partial charge in [-0.2, -0.15) is 4.31 Å². The smallest absolute Gasteiger partial charge is 0.341 e. The van der Waals surface area contributed by atoms with Crippen molar-refractivity contribution in [1.29, 1.82) is 0 Å². The molecule has 168 valence electrons. The molecule has 0 aliphatic carbocycles. The van der Waals surface area contributed by atoms with Crippen molar-refractivity contribution >= 4 is 55.8 Å². The van der Waals surface area contributed by atoms with Crippen LogP contribution in [0.25, 0.3) is 0 Å². The van der Waals surface area contributed by atoms with E-state index >= 15 is 0 Å². The third kappa shape index (κ3) is 6.03. The number of sulfonamides is 1. The molecule has 0 unspecified atom stereocenters. The van der Waals surface area contributed by atoms with Gasteiger partial charge in [-0.15, -0.1) is 11.3 Å². The van der Waals surface area contributed by atoms with Crippen molar-refractivity contribution in [2.75, 3.05) is 32.6 Å². The van der Waals surface area contributed by atoms with Crippen LogP contribution in [0.1, 0.15) is 20.8 Å². The lowest BCUT2D eigenvalue weighted by Crippen LogP contribution is -2.34. The molecule has 9 nitrogen and oxygen atoms in total. The van der Waals surface area contributed by atoms with Crippen LogP contribution in [0.3, 0.4) is 0 Å². The molecule has 0 aliphatic rings. The van der Waals surface area contributed by atoms with Crippen molar-refractivity contribution in [3.8, 4) is 0 Å². The standard InChI is InChI=1S/C19H21ClN2O7S2/c1-11-12(2)30-18(17(11)19(25)28-4)21-15(23)10-29-16(24)9-22(3)31(26,27)14-7-5-13(20)6-8-14/h5-8H,9-10H2,1-4H3,(H,21,23). The van der Waals surface area contributed by atoms with Crippen LogP contribution in [-0.2, 0) is 29.1 Å². The van der Waals surface area contributed by atoms with Gasteiger partial charge in [0.25, 0.3) is 5.91 Å². The molecule has 0 saturated carbocycles. The van der Waals surface area contributed by atoms with Crippen LogP contribution in [0.5, 0.6) is 0 Å². The van der Waals surface area contributed by atoms with E-state index in [-0.39, 0.29) is 15.5 Å². The summed E-state index contributed by atoms with van der Waals surface area (Å²) >= 11 is 6.94. The zero-order chi connectivity index (χ0) is 23.3. The number of benzene rings is 1. The van der Waals surface area contributed by atoms with Crippen molar-refractivity contribution in [2.45, 2.75) is 18.7 Å². The van der Waals surface area contributed by atoms with E-state index in [2.05, 4.69) is 5.32 Å². The monoisotopic (exact) mass is 488 g/mol. The van der Waals surface area contributed by atoms with Crippen molar-refractivity contribution in [1.82, 2.24) is 4.31 Å². The van der Waals surface area contributed by atoms with E-state index in [1.807, 2.05) is 0 Å². The topological polar surface area (TPSA) is 119 Å². The molecule has 12 heteroatoms. The summed E-state index contributed by atoms with van der Waals surface area (Å²) in [5.41, 5.74) is 0.914. The maximum Gasteiger partial charge on any atom is 0.341 e. The maximum atomic E-state index is 12.5. The average Bonchev–Trinajstić information content (AvgIpc) is 2.99. The van der Waals surface area contributed by atoms with Crippen LogP contribution >= 0.6 is 22.9 Å². The summed E-state index contributed by atoms with van der Waals surface area (Å²) in [4.78, 5) is 36.9. The van der Waals surface area contributed by atoms with Gasteiger partial charge in [0, 0.05) is 16.9 Å². The summed E-state index contributed by atoms with van der Waals surface area (Å²) in [6.45, 7) is 2.27. The fourth-order valence-electron chi connectivity index (χ4n) is 2.47. The lowest BCUT2D eigenvalue weighted by Gasteiger charge is -2.16. The summed E-state index contributed by atoms with van der Waals surface area (Å²) < 4.78 is 35.4. The number of carbonyl (C=O) groups is 3. The number of carbonyl (C=O) groups excluding carboxylic acids is 3. The Morgan fingerprint density at radius 2 is 1.77 bits per heavy atom. The number of ether oxygens (including phenoxy) is 2. The first kappa shape index (κ1) is 24.8. The molecule has 1 amide bonds. The SMILES string of the molecule is COC(=O)c1c(NC(=O)COC(=O)CN(C)S(=O)(=O)c2ccc(Cl)cc2)sc(C)c1C. The minimum absolute atomic E-state index is 0.0382. The molecule has 2 aromatic rings. The number of hydrogen-bond donors (Lipinski definition) is 1. The molecule has 0 radical (unpaired) electrons. The van der Waals surface area contributed by atoms with Crippen LogP contribution in [-0.4, -0.2) is 57.9 Å². The highest BCUT2D eigenvalue weighted by molar-refractivity contribution is 7.89. The number of halogens is 1. The number of methoxy groups -OCH3 is 1. The lowest BCUT2D eigenvalue weighted by molar-refractivity contribution is -0.147. The van der Waals surface area contributed by atoms with E-state index in [9.17, 15) is 22.8 Å². The Bertz CT molecular complexity index is 1100. The number of rotatable bonds is 8. The second kappa shape index (κ2) is 10.2. The average molecular weight is 489 g/mol. The Hall–Kier alpha value is -2.47. The molecule has 1 aromatic carbocycles. The molecule has 0 bridgehead atoms. The van der Waals surface area contributed by atoms with E-state index in [4.69, 9.17) is 21.1 Å². The molecule has 1 heterocycles. The number of amides is 1. The molecule has 0 fully saturated rings. The van der Waals surface area contributed by atoms with E-state index < -0.39 is 41.0 Å². The third-order valence-electron chi connectivity index (χ3n) is 4.27. The second-order valence-corrected chi connectivity index (χ2v) is 10.1. The number of nitrogens with one attached hydrogen (secondary N) is 1. The minimum Gasteiger partial charge on any atom is -0.465 e. The Labute approximate surface area is 188 Å². The molecular formula is C19H21ClN2O7S2. The summed E-state index contributed by atoms with van der Waals surface area (Å²) in [6, 6.07) is 5.47. The van der Waals surface area contributed by atoms with E-state index in [0.29, 0.717) is 10.6 Å². The molecule has 1 aromatic heterocycles. The summed E-state index contributed by atoms with van der Waals surface area (Å²) in [7, 11) is -1.49. The first-order valence-electron chi connectivity index (χ1n) is 8.83. The number of likely N-dealkylation sites (N-methyl/N-ethyl adjacent to an activating group) is 1. The third-order valence-corrected chi connectivity index (χ3v) is 7.46. The number of anilines is 1. The molecule has 1 N–H and O–H groups in total. The summed E-state index contributed by atoms with van der Waals surface area (Å²) in [5, 5.41) is 3.17. The van der Waals surface area contributed by atoms with Crippen LogP contribution in [0, 0.1) is 13.8 Å². The Kier molecular flexibility index (Phi) is 8.18. The van der Waals surface area contributed by atoms with E-state index in [1.54, 1.807) is 13.8 Å². The Morgan fingerprint density at radius 3 is 2.35 bits per heavy atom. The summed E-state index contributed by atoms with van der Waals surface area (Å²) in [5.74, 6) is -2.19. The number of nitrogens with zero attached hydrogens (tertiary/aromatic N) is 1. The maximum absolute atomic E-state index is 12.5. The van der Waals surface area contributed by atoms with Gasteiger partial charge in [0.1, 0.15) is 11.5 Å². The highest BCUT2D eigenvalue weighted by Crippen LogP contribution is 2.32. The zero-order valence-electron chi connectivity index (χ0n) is 17.2. The lowest BCUT2D eigenvalue weighted by atomic mass is 10.1. The second-order valence-electron chi connectivity index (χ2n) is 6.40. The van der Waals surface area contributed by atoms with Gasteiger partial charge in [-0.05, 0) is 43.7 Å². The van der Waals surface area contributed by atoms with Gasteiger partial charge in [-0.1, -0.05) is 11.6 Å². The number of esters is 2. The quantitative estimate of drug-likeness (QED) is 0.567. The van der Waals surface area contributed by atoms with Crippen LogP contribution in [0.15, 0.2) is 29.2 Å². The van der Waals surface area contributed by atoms with Crippen LogP contribution in [0.4, 0.5) is 5.00 Å². The highest BCUT2D eigenvalue weighted by Gasteiger charge is 2.25. The predicted molar refractivity (Wildman–Crippen MR) is 116 cm³/mol. The van der Waals surface area contributed by atoms with Gasteiger partial charge in [0.05, 0.1) is 17.6 Å². The van der Waals surface area contributed by atoms with Crippen molar-refractivity contribution in [3.05, 3.63) is 45.3 Å². The predicted octanol–water partition coefficient (Wildman–Crippen LogP) is 2.61. The molecule has 0 saturated heterocycles. The van der Waals surface area contributed by atoms with Crippen molar-refractivity contribution in [2.24, 2.45) is 0 Å². The van der Waals surface area contributed by atoms with Gasteiger partial charge < -0.3 is 14.8 Å². The molecule has 31 heavy (non-hydrogen) atoms. The Balaban J connectivity index is 1.96. The molecule has 0 atom stereocenters. The van der Waals surface area contributed by atoms with Crippen LogP contribution in [0.2, 0.25) is 5.02 Å². The van der Waals surface area contributed by atoms with Gasteiger partial charge in [0.15, 0.2) is 6.61 Å². The number of hydrogen-bond acceptors (Lipinski definition) is 8. The van der Waals surface area contributed by atoms with Gasteiger partial charge in [-0.3, -0.25) is 9.59 Å². The van der Waals surface area contributed by atoms with Gasteiger partial charge >= 0.3 is 11.9 Å². The normalized spacial score (nSPS) is 11.3. The fraction of sp³-hybridized carbons (Fsp3) is 0.316. The zero-order valence-corrected chi connectivity index (χ0v) is 19.6. The van der Waals surface area contributed by atoms with Gasteiger partial charge in [-0.25, -0.2) is 13.2 Å². The van der Waals surface area contributed by atoms with E-state index in [0.717, 1.165) is 9.18 Å². The fourth-order valence-corrected chi connectivity index (χ4v) is 4.78. The van der Waals surface area contributed by atoms with Crippen LogP contribution < -0.4 is 5.32 Å². The number of thiophene rings is 1. The molecule has 0 aliphatic heterocycles. The first-order valence-corrected chi connectivity index (χ1v) is 11.5. The van der Waals surface area contributed by atoms with Crippen molar-refractivity contribution in [3.63, 3.8) is 0 Å². The molecule has 2 rings (SSSR count). The summed E-state index contributed by atoms with van der Waals surface area (Å²) in [6.07, 6.45) is 0. The first-order chi connectivity index (χ1) is 14.5.